The van der Waals surface area contributed by atoms with Gasteiger partial charge in [-0.05, 0) is 43.5 Å². The first-order valence-corrected chi connectivity index (χ1v) is 8.34. The van der Waals surface area contributed by atoms with Crippen molar-refractivity contribution >= 4 is 0 Å². The Morgan fingerprint density at radius 2 is 1.55 bits per heavy atom. The van der Waals surface area contributed by atoms with Gasteiger partial charge < -0.3 is 5.11 Å². The van der Waals surface area contributed by atoms with Crippen LogP contribution in [0.5, 0.6) is 0 Å². The van der Waals surface area contributed by atoms with E-state index in [9.17, 15) is 5.11 Å². The van der Waals surface area contributed by atoms with E-state index in [2.05, 4.69) is 36.1 Å². The molecule has 0 bridgehead atoms. The van der Waals surface area contributed by atoms with Gasteiger partial charge in [-0.25, -0.2) is 0 Å². The van der Waals surface area contributed by atoms with Gasteiger partial charge in [0.2, 0.25) is 0 Å². The first-order chi connectivity index (χ1) is 10.8. The van der Waals surface area contributed by atoms with Crippen LogP contribution in [0.4, 0.5) is 0 Å². The Morgan fingerprint density at radius 1 is 1.00 bits per heavy atom. The highest BCUT2D eigenvalue weighted by Gasteiger charge is 2.44. The quantitative estimate of drug-likeness (QED) is 0.907. The largest absolute Gasteiger partial charge is 0.379 e. The van der Waals surface area contributed by atoms with Crippen molar-refractivity contribution in [1.29, 1.82) is 0 Å². The molecule has 1 N–H and O–H groups in total. The number of hydrogen-bond donors (Lipinski definition) is 1. The molecule has 1 atom stereocenters. The van der Waals surface area contributed by atoms with Crippen LogP contribution in [0.1, 0.15) is 37.3 Å². The second-order valence-corrected chi connectivity index (χ2v) is 6.19. The molecule has 1 aliphatic heterocycles. The van der Waals surface area contributed by atoms with Crippen molar-refractivity contribution in [2.75, 3.05) is 13.1 Å². The minimum absolute atomic E-state index is 0.150. The average molecular weight is 295 g/mol. The van der Waals surface area contributed by atoms with Crippen molar-refractivity contribution in [3.63, 3.8) is 0 Å². The molecule has 0 spiro atoms. The number of likely N-dealkylation sites (tertiary alicyclic amines) is 1. The van der Waals surface area contributed by atoms with Gasteiger partial charge >= 0.3 is 0 Å². The Morgan fingerprint density at radius 3 is 2.05 bits per heavy atom. The van der Waals surface area contributed by atoms with Crippen LogP contribution in [-0.4, -0.2) is 29.1 Å². The van der Waals surface area contributed by atoms with Crippen molar-refractivity contribution in [3.05, 3.63) is 71.8 Å². The van der Waals surface area contributed by atoms with Crippen molar-refractivity contribution in [2.24, 2.45) is 0 Å². The molecule has 1 heterocycles. The minimum Gasteiger partial charge on any atom is -0.379 e. The molecule has 1 fully saturated rings. The predicted octanol–water partition coefficient (Wildman–Crippen LogP) is 3.80. The molecule has 0 aliphatic carbocycles. The maximum absolute atomic E-state index is 11.8. The molecule has 2 aromatic rings. The predicted molar refractivity (Wildman–Crippen MR) is 90.8 cm³/mol. The van der Waals surface area contributed by atoms with Crippen LogP contribution in [0.25, 0.3) is 0 Å². The van der Waals surface area contributed by atoms with Crippen molar-refractivity contribution < 1.29 is 5.11 Å². The van der Waals surface area contributed by atoms with E-state index in [0.717, 1.165) is 43.5 Å². The van der Waals surface area contributed by atoms with E-state index in [4.69, 9.17) is 0 Å². The third-order valence-corrected chi connectivity index (χ3v) is 4.78. The van der Waals surface area contributed by atoms with E-state index in [1.807, 2.05) is 36.4 Å². The second kappa shape index (κ2) is 6.64. The summed E-state index contributed by atoms with van der Waals surface area (Å²) in [7, 11) is 0. The summed E-state index contributed by atoms with van der Waals surface area (Å²) in [6.07, 6.45) is 3.32. The SMILES string of the molecule is CCCN1CCC[C@H]1C(O)(c1ccccc1)c1ccccc1. The highest BCUT2D eigenvalue weighted by Crippen LogP contribution is 2.40. The van der Waals surface area contributed by atoms with Gasteiger partial charge in [-0.3, -0.25) is 4.90 Å². The summed E-state index contributed by atoms with van der Waals surface area (Å²) in [6, 6.07) is 20.4. The summed E-state index contributed by atoms with van der Waals surface area (Å²) in [5.41, 5.74) is 1.05. The Hall–Kier alpha value is -1.64. The number of aliphatic hydroxyl groups is 1. The molecule has 2 aromatic carbocycles. The molecule has 2 heteroatoms. The minimum atomic E-state index is -0.936. The van der Waals surface area contributed by atoms with E-state index < -0.39 is 5.60 Å². The van der Waals surface area contributed by atoms with Crippen LogP contribution in [0.3, 0.4) is 0 Å². The van der Waals surface area contributed by atoms with Crippen LogP contribution in [0, 0.1) is 0 Å². The third kappa shape index (κ3) is 2.69. The highest BCUT2D eigenvalue weighted by molar-refractivity contribution is 5.38. The van der Waals surface area contributed by atoms with Crippen LogP contribution in [0.2, 0.25) is 0 Å². The van der Waals surface area contributed by atoms with Crippen molar-refractivity contribution in [1.82, 2.24) is 4.90 Å². The molecule has 22 heavy (non-hydrogen) atoms. The summed E-state index contributed by atoms with van der Waals surface area (Å²) in [5, 5.41) is 11.8. The fraction of sp³-hybridized carbons (Fsp3) is 0.400. The van der Waals surface area contributed by atoms with E-state index in [1.54, 1.807) is 0 Å². The van der Waals surface area contributed by atoms with Gasteiger partial charge in [0.1, 0.15) is 5.60 Å². The zero-order valence-electron chi connectivity index (χ0n) is 13.3. The second-order valence-electron chi connectivity index (χ2n) is 6.19. The zero-order valence-corrected chi connectivity index (χ0v) is 13.3. The molecule has 0 aromatic heterocycles. The molecular weight excluding hydrogens is 270 g/mol. The van der Waals surface area contributed by atoms with Crippen molar-refractivity contribution in [2.45, 2.75) is 37.8 Å². The zero-order chi connectivity index (χ0) is 15.4. The average Bonchev–Trinajstić information content (AvgIpc) is 3.05. The number of benzene rings is 2. The molecule has 1 aliphatic rings. The summed E-state index contributed by atoms with van der Waals surface area (Å²) < 4.78 is 0. The normalized spacial score (nSPS) is 19.5. The maximum atomic E-state index is 11.8. The highest BCUT2D eigenvalue weighted by atomic mass is 16.3. The molecule has 3 rings (SSSR count). The lowest BCUT2D eigenvalue weighted by atomic mass is 9.79. The fourth-order valence-corrected chi connectivity index (χ4v) is 3.79. The molecule has 1 saturated heterocycles. The third-order valence-electron chi connectivity index (χ3n) is 4.78. The van der Waals surface area contributed by atoms with Crippen LogP contribution < -0.4 is 0 Å². The van der Waals surface area contributed by atoms with Crippen LogP contribution in [-0.2, 0) is 5.60 Å². The molecule has 0 radical (unpaired) electrons. The number of rotatable bonds is 5. The van der Waals surface area contributed by atoms with E-state index in [-0.39, 0.29) is 6.04 Å². The van der Waals surface area contributed by atoms with Gasteiger partial charge in [-0.2, -0.15) is 0 Å². The summed E-state index contributed by atoms with van der Waals surface area (Å²) >= 11 is 0. The first kappa shape index (κ1) is 15.3. The van der Waals surface area contributed by atoms with Crippen molar-refractivity contribution in [3.8, 4) is 0 Å². The van der Waals surface area contributed by atoms with Gasteiger partial charge in [0.15, 0.2) is 0 Å². The summed E-state index contributed by atoms with van der Waals surface area (Å²) in [6.45, 7) is 4.34. The van der Waals surface area contributed by atoms with Crippen LogP contribution >= 0.6 is 0 Å². The van der Waals surface area contributed by atoms with Gasteiger partial charge in [0.25, 0.3) is 0 Å². The Labute approximate surface area is 133 Å². The molecular formula is C20H25NO. The van der Waals surface area contributed by atoms with Gasteiger partial charge in [-0.1, -0.05) is 67.6 Å². The smallest absolute Gasteiger partial charge is 0.130 e. The lowest BCUT2D eigenvalue weighted by molar-refractivity contribution is -0.00371. The first-order valence-electron chi connectivity index (χ1n) is 8.34. The van der Waals surface area contributed by atoms with Gasteiger partial charge in [0, 0.05) is 6.04 Å². The Balaban J connectivity index is 2.07. The lowest BCUT2D eigenvalue weighted by Crippen LogP contribution is -2.48. The van der Waals surface area contributed by atoms with E-state index in [1.165, 1.54) is 0 Å². The monoisotopic (exact) mass is 295 g/mol. The number of nitrogens with zero attached hydrogens (tertiary/aromatic N) is 1. The summed E-state index contributed by atoms with van der Waals surface area (Å²) in [5.74, 6) is 0. The fourth-order valence-electron chi connectivity index (χ4n) is 3.79. The molecule has 2 nitrogen and oxygen atoms in total. The van der Waals surface area contributed by atoms with Gasteiger partial charge in [0.05, 0.1) is 0 Å². The van der Waals surface area contributed by atoms with Gasteiger partial charge in [-0.15, -0.1) is 0 Å². The van der Waals surface area contributed by atoms with E-state index in [0.29, 0.717) is 0 Å². The van der Waals surface area contributed by atoms with E-state index >= 15 is 0 Å². The molecule has 116 valence electrons. The van der Waals surface area contributed by atoms with Crippen LogP contribution in [0.15, 0.2) is 60.7 Å². The maximum Gasteiger partial charge on any atom is 0.130 e. The Kier molecular flexibility index (Phi) is 4.60. The Bertz CT molecular complexity index is 542. The standard InChI is InChI=1S/C20H25NO/c1-2-15-21-16-9-14-19(21)20(22,17-10-5-3-6-11-17)18-12-7-4-8-13-18/h3-8,10-13,19,22H,2,9,14-16H2,1H3/t19-/m0/s1. The number of hydrogen-bond acceptors (Lipinski definition) is 2. The molecule has 0 saturated carbocycles. The molecule has 0 amide bonds. The lowest BCUT2D eigenvalue weighted by Gasteiger charge is -2.40. The topological polar surface area (TPSA) is 23.5 Å². The molecule has 0 unspecified atom stereocenters. The summed E-state index contributed by atoms with van der Waals surface area (Å²) in [4.78, 5) is 2.46.